The molecule has 100 valence electrons. The lowest BCUT2D eigenvalue weighted by Crippen LogP contribution is -2.45. The van der Waals surface area contributed by atoms with Gasteiger partial charge in [0.1, 0.15) is 5.75 Å². The van der Waals surface area contributed by atoms with E-state index in [2.05, 4.69) is 23.2 Å². The van der Waals surface area contributed by atoms with Crippen molar-refractivity contribution in [3.8, 4) is 5.75 Å². The Bertz CT molecular complexity index is 379. The molecule has 2 N–H and O–H groups in total. The van der Waals surface area contributed by atoms with Crippen LogP contribution in [0.2, 0.25) is 0 Å². The van der Waals surface area contributed by atoms with Crippen LogP contribution in [0.3, 0.4) is 0 Å². The summed E-state index contributed by atoms with van der Waals surface area (Å²) in [6.07, 6.45) is 3.88. The Morgan fingerprint density at radius 2 is 2.28 bits per heavy atom. The minimum Gasteiger partial charge on any atom is -0.508 e. The van der Waals surface area contributed by atoms with E-state index in [1.54, 1.807) is 6.07 Å². The van der Waals surface area contributed by atoms with Crippen molar-refractivity contribution in [2.24, 2.45) is 0 Å². The normalized spacial score (nSPS) is 22.9. The van der Waals surface area contributed by atoms with E-state index in [-0.39, 0.29) is 0 Å². The van der Waals surface area contributed by atoms with Crippen LogP contribution in [0.15, 0.2) is 24.3 Å². The average Bonchev–Trinajstić information content (AvgIpc) is 2.39. The first-order valence-electron chi connectivity index (χ1n) is 6.91. The van der Waals surface area contributed by atoms with Gasteiger partial charge in [-0.15, -0.1) is 0 Å². The first-order valence-corrected chi connectivity index (χ1v) is 6.91. The number of nitrogens with zero attached hydrogens (tertiary/aromatic N) is 1. The molecule has 2 atom stereocenters. The van der Waals surface area contributed by atoms with Crippen molar-refractivity contribution < 1.29 is 5.11 Å². The fraction of sp³-hybridized carbons (Fsp3) is 0.600. The number of phenols is 1. The number of phenolic OH excluding ortho intramolecular Hbond substituents is 1. The zero-order valence-corrected chi connectivity index (χ0v) is 11.4. The van der Waals surface area contributed by atoms with E-state index in [0.717, 1.165) is 13.1 Å². The van der Waals surface area contributed by atoms with Gasteiger partial charge in [0.2, 0.25) is 0 Å². The van der Waals surface area contributed by atoms with Crippen molar-refractivity contribution >= 4 is 0 Å². The molecule has 1 heterocycles. The quantitative estimate of drug-likeness (QED) is 0.859. The first-order chi connectivity index (χ1) is 8.72. The summed E-state index contributed by atoms with van der Waals surface area (Å²) in [6.45, 7) is 4.44. The van der Waals surface area contributed by atoms with E-state index in [9.17, 15) is 5.11 Å². The van der Waals surface area contributed by atoms with Gasteiger partial charge in [0.05, 0.1) is 0 Å². The second-order valence-corrected chi connectivity index (χ2v) is 5.22. The molecule has 1 saturated heterocycles. The molecule has 2 rings (SSSR count). The molecule has 1 aromatic rings. The molecule has 1 aromatic carbocycles. The van der Waals surface area contributed by atoms with E-state index in [4.69, 9.17) is 0 Å². The summed E-state index contributed by atoms with van der Waals surface area (Å²) in [6, 6.07) is 8.64. The summed E-state index contributed by atoms with van der Waals surface area (Å²) < 4.78 is 0. The van der Waals surface area contributed by atoms with Gasteiger partial charge < -0.3 is 10.4 Å². The van der Waals surface area contributed by atoms with Gasteiger partial charge in [0.15, 0.2) is 0 Å². The molecular formula is C15H24N2O. The molecule has 1 aliphatic heterocycles. The summed E-state index contributed by atoms with van der Waals surface area (Å²) in [5.41, 5.74) is 1.21. The van der Waals surface area contributed by atoms with Crippen LogP contribution >= 0.6 is 0 Å². The number of rotatable bonds is 4. The third-order valence-corrected chi connectivity index (χ3v) is 3.96. The third kappa shape index (κ3) is 3.03. The average molecular weight is 248 g/mol. The van der Waals surface area contributed by atoms with Crippen molar-refractivity contribution in [3.63, 3.8) is 0 Å². The van der Waals surface area contributed by atoms with Crippen LogP contribution in [0, 0.1) is 0 Å². The zero-order chi connectivity index (χ0) is 13.0. The van der Waals surface area contributed by atoms with Crippen LogP contribution in [0.25, 0.3) is 0 Å². The van der Waals surface area contributed by atoms with Crippen LogP contribution in [0.1, 0.15) is 37.8 Å². The van der Waals surface area contributed by atoms with Crippen molar-refractivity contribution in [1.29, 1.82) is 0 Å². The monoisotopic (exact) mass is 248 g/mol. The van der Waals surface area contributed by atoms with Gasteiger partial charge in [-0.25, -0.2) is 0 Å². The van der Waals surface area contributed by atoms with Gasteiger partial charge in [-0.2, -0.15) is 0 Å². The maximum Gasteiger partial charge on any atom is 0.115 e. The smallest absolute Gasteiger partial charge is 0.115 e. The molecule has 0 bridgehead atoms. The largest absolute Gasteiger partial charge is 0.508 e. The minimum absolute atomic E-state index is 0.363. The summed E-state index contributed by atoms with van der Waals surface area (Å²) >= 11 is 0. The summed E-state index contributed by atoms with van der Waals surface area (Å²) in [4.78, 5) is 2.56. The van der Waals surface area contributed by atoms with Gasteiger partial charge in [0.25, 0.3) is 0 Å². The van der Waals surface area contributed by atoms with E-state index in [1.165, 1.54) is 24.8 Å². The van der Waals surface area contributed by atoms with Gasteiger partial charge in [-0.3, -0.25) is 4.90 Å². The second-order valence-electron chi connectivity index (χ2n) is 5.22. The molecule has 0 aromatic heterocycles. The van der Waals surface area contributed by atoms with Crippen LogP contribution < -0.4 is 5.32 Å². The Morgan fingerprint density at radius 3 is 3.00 bits per heavy atom. The number of aromatic hydroxyl groups is 1. The third-order valence-electron chi connectivity index (χ3n) is 3.96. The predicted octanol–water partition coefficient (Wildman–Crippen LogP) is 2.53. The van der Waals surface area contributed by atoms with E-state index in [0.29, 0.717) is 17.8 Å². The Morgan fingerprint density at radius 1 is 1.44 bits per heavy atom. The molecule has 0 spiro atoms. The molecule has 3 heteroatoms. The highest BCUT2D eigenvalue weighted by atomic mass is 16.3. The van der Waals surface area contributed by atoms with Gasteiger partial charge >= 0.3 is 0 Å². The van der Waals surface area contributed by atoms with Crippen LogP contribution in [-0.4, -0.2) is 36.2 Å². The second kappa shape index (κ2) is 6.21. The van der Waals surface area contributed by atoms with Crippen molar-refractivity contribution in [2.45, 2.75) is 38.3 Å². The summed E-state index contributed by atoms with van der Waals surface area (Å²) in [5.74, 6) is 0.363. The lowest BCUT2D eigenvalue weighted by Gasteiger charge is -2.40. The molecule has 0 radical (unpaired) electrons. The first kappa shape index (κ1) is 13.4. The number of piperidine rings is 1. The van der Waals surface area contributed by atoms with E-state index < -0.39 is 0 Å². The Balaban J connectivity index is 2.12. The molecule has 0 saturated carbocycles. The highest BCUT2D eigenvalue weighted by Gasteiger charge is 2.26. The van der Waals surface area contributed by atoms with E-state index in [1.807, 2.05) is 19.2 Å². The Labute approximate surface area is 110 Å². The highest BCUT2D eigenvalue weighted by Crippen LogP contribution is 2.29. The number of likely N-dealkylation sites (N-methyl/N-ethyl adjacent to an activating group) is 1. The van der Waals surface area contributed by atoms with Crippen LogP contribution in [0.5, 0.6) is 5.75 Å². The predicted molar refractivity (Wildman–Crippen MR) is 74.8 cm³/mol. The number of likely N-dealkylation sites (tertiary alicyclic amines) is 1. The van der Waals surface area contributed by atoms with Gasteiger partial charge in [-0.1, -0.05) is 18.6 Å². The highest BCUT2D eigenvalue weighted by molar-refractivity contribution is 5.29. The molecule has 1 aliphatic rings. The van der Waals surface area contributed by atoms with Gasteiger partial charge in [-0.05, 0) is 51.1 Å². The lowest BCUT2D eigenvalue weighted by atomic mass is 9.97. The number of hydrogen-bond acceptors (Lipinski definition) is 3. The summed E-state index contributed by atoms with van der Waals surface area (Å²) in [7, 11) is 2.02. The molecule has 2 unspecified atom stereocenters. The standard InChI is InChI=1S/C15H24N2O/c1-12(13-6-5-8-15(18)10-13)17-9-4-3-7-14(17)11-16-2/h5-6,8,10,12,14,16,18H,3-4,7,9,11H2,1-2H3. The Hall–Kier alpha value is -1.06. The molecule has 0 aliphatic carbocycles. The molecule has 3 nitrogen and oxygen atoms in total. The van der Waals surface area contributed by atoms with Crippen molar-refractivity contribution in [1.82, 2.24) is 10.2 Å². The molecule has 1 fully saturated rings. The Kier molecular flexibility index (Phi) is 4.61. The maximum absolute atomic E-state index is 9.60. The number of benzene rings is 1. The van der Waals surface area contributed by atoms with Crippen molar-refractivity contribution in [2.75, 3.05) is 20.1 Å². The zero-order valence-electron chi connectivity index (χ0n) is 11.4. The summed E-state index contributed by atoms with van der Waals surface area (Å²) in [5, 5.41) is 12.9. The lowest BCUT2D eigenvalue weighted by molar-refractivity contribution is 0.103. The fourth-order valence-corrected chi connectivity index (χ4v) is 2.96. The minimum atomic E-state index is 0.363. The van der Waals surface area contributed by atoms with Crippen LogP contribution in [-0.2, 0) is 0 Å². The molecule has 0 amide bonds. The molecular weight excluding hydrogens is 224 g/mol. The van der Waals surface area contributed by atoms with E-state index >= 15 is 0 Å². The van der Waals surface area contributed by atoms with Crippen molar-refractivity contribution in [3.05, 3.63) is 29.8 Å². The van der Waals surface area contributed by atoms with Crippen LogP contribution in [0.4, 0.5) is 0 Å². The van der Waals surface area contributed by atoms with Gasteiger partial charge in [0, 0.05) is 18.6 Å². The SMILES string of the molecule is CNCC1CCCCN1C(C)c1cccc(O)c1. The number of hydrogen-bond donors (Lipinski definition) is 2. The topological polar surface area (TPSA) is 35.5 Å². The number of nitrogens with one attached hydrogen (secondary N) is 1. The fourth-order valence-electron chi connectivity index (χ4n) is 2.96. The maximum atomic E-state index is 9.60. The molecule has 18 heavy (non-hydrogen) atoms.